The second kappa shape index (κ2) is 8.75. The topological polar surface area (TPSA) is 32.3 Å². The fourth-order valence-electron chi connectivity index (χ4n) is 3.98. The van der Waals surface area contributed by atoms with Gasteiger partial charge in [0.05, 0.1) is 0 Å². The third-order valence-corrected chi connectivity index (χ3v) is 5.47. The Hall–Kier alpha value is -3.07. The van der Waals surface area contributed by atoms with Crippen LogP contribution in [0.1, 0.15) is 29.9 Å². The molecule has 0 radical (unpaired) electrons. The van der Waals surface area contributed by atoms with Gasteiger partial charge < -0.3 is 10.2 Å². The fraction of sp³-hybridized carbons (Fsp3) is 0.240. The number of rotatable bonds is 6. The summed E-state index contributed by atoms with van der Waals surface area (Å²) in [5.41, 5.74) is 3.51. The van der Waals surface area contributed by atoms with Crippen molar-refractivity contribution in [1.29, 1.82) is 0 Å². The highest BCUT2D eigenvalue weighted by molar-refractivity contribution is 5.78. The van der Waals surface area contributed by atoms with E-state index >= 15 is 0 Å². The van der Waals surface area contributed by atoms with Crippen LogP contribution < -0.4 is 5.32 Å². The quantitative estimate of drug-likeness (QED) is 0.668. The molecule has 1 saturated heterocycles. The van der Waals surface area contributed by atoms with Gasteiger partial charge in [-0.05, 0) is 29.7 Å². The molecule has 1 N–H and O–H groups in total. The van der Waals surface area contributed by atoms with Gasteiger partial charge in [0.2, 0.25) is 5.91 Å². The summed E-state index contributed by atoms with van der Waals surface area (Å²) < 4.78 is 0. The Morgan fingerprint density at radius 2 is 1.39 bits per heavy atom. The second-order valence-electron chi connectivity index (χ2n) is 7.41. The van der Waals surface area contributed by atoms with Crippen molar-refractivity contribution in [3.8, 4) is 0 Å². The molecule has 0 aliphatic carbocycles. The number of benzene rings is 3. The van der Waals surface area contributed by atoms with E-state index in [9.17, 15) is 4.79 Å². The molecule has 142 valence electrons. The molecule has 0 aromatic heterocycles. The molecule has 0 saturated carbocycles. The minimum absolute atomic E-state index is 0.0935. The van der Waals surface area contributed by atoms with Crippen molar-refractivity contribution < 1.29 is 4.79 Å². The van der Waals surface area contributed by atoms with Gasteiger partial charge >= 0.3 is 0 Å². The lowest BCUT2D eigenvalue weighted by Gasteiger charge is -2.22. The van der Waals surface area contributed by atoms with Gasteiger partial charge in [-0.3, -0.25) is 4.79 Å². The average Bonchev–Trinajstić information content (AvgIpc) is 3.22. The molecular formula is C25H26N2O. The van der Waals surface area contributed by atoms with Gasteiger partial charge in [0.15, 0.2) is 0 Å². The number of hydrogen-bond donors (Lipinski definition) is 1. The first-order valence-corrected chi connectivity index (χ1v) is 9.99. The SMILES string of the molecule is O=C(CC(c1ccccc1)c1ccccc1)N1CCC(Nc2ccccc2)C1. The third kappa shape index (κ3) is 4.42. The summed E-state index contributed by atoms with van der Waals surface area (Å²) >= 11 is 0. The molecule has 1 atom stereocenters. The lowest BCUT2D eigenvalue weighted by atomic mass is 9.88. The van der Waals surface area contributed by atoms with Crippen LogP contribution in [0.3, 0.4) is 0 Å². The Labute approximate surface area is 167 Å². The third-order valence-electron chi connectivity index (χ3n) is 5.47. The minimum atomic E-state index is 0.0935. The Morgan fingerprint density at radius 3 is 1.96 bits per heavy atom. The molecule has 0 bridgehead atoms. The molecule has 1 amide bonds. The standard InChI is InChI=1S/C25H26N2O/c28-25(27-17-16-23(19-27)26-22-14-8-3-9-15-22)18-24(20-10-4-1-5-11-20)21-12-6-2-7-13-21/h1-15,23-24,26H,16-19H2. The summed E-state index contributed by atoms with van der Waals surface area (Å²) in [5, 5.41) is 3.55. The van der Waals surface area contributed by atoms with Gasteiger partial charge in [-0.1, -0.05) is 78.9 Å². The highest BCUT2D eigenvalue weighted by Crippen LogP contribution is 2.29. The van der Waals surface area contributed by atoms with Crippen LogP contribution in [0, 0.1) is 0 Å². The number of hydrogen-bond acceptors (Lipinski definition) is 2. The number of nitrogens with zero attached hydrogens (tertiary/aromatic N) is 1. The highest BCUT2D eigenvalue weighted by Gasteiger charge is 2.28. The predicted octanol–water partition coefficient (Wildman–Crippen LogP) is 4.92. The lowest BCUT2D eigenvalue weighted by Crippen LogP contribution is -2.32. The summed E-state index contributed by atoms with van der Waals surface area (Å²) in [6, 6.07) is 31.3. The molecule has 1 aliphatic rings. The number of anilines is 1. The van der Waals surface area contributed by atoms with E-state index in [1.807, 2.05) is 59.5 Å². The van der Waals surface area contributed by atoms with Gasteiger partial charge in [0.25, 0.3) is 0 Å². The number of carbonyl (C=O) groups excluding carboxylic acids is 1. The van der Waals surface area contributed by atoms with Crippen molar-refractivity contribution >= 4 is 11.6 Å². The highest BCUT2D eigenvalue weighted by atomic mass is 16.2. The largest absolute Gasteiger partial charge is 0.380 e. The number of carbonyl (C=O) groups is 1. The molecule has 1 unspecified atom stereocenters. The van der Waals surface area contributed by atoms with Crippen molar-refractivity contribution in [3.63, 3.8) is 0 Å². The number of para-hydroxylation sites is 1. The zero-order chi connectivity index (χ0) is 19.2. The molecule has 3 nitrogen and oxygen atoms in total. The smallest absolute Gasteiger partial charge is 0.223 e. The average molecular weight is 370 g/mol. The van der Waals surface area contributed by atoms with E-state index in [0.717, 1.165) is 25.2 Å². The fourth-order valence-corrected chi connectivity index (χ4v) is 3.98. The molecule has 3 aromatic carbocycles. The van der Waals surface area contributed by atoms with Crippen LogP contribution in [0.4, 0.5) is 5.69 Å². The summed E-state index contributed by atoms with van der Waals surface area (Å²) in [6.07, 6.45) is 1.49. The van der Waals surface area contributed by atoms with Gasteiger partial charge in [-0.25, -0.2) is 0 Å². The monoisotopic (exact) mass is 370 g/mol. The molecule has 0 spiro atoms. The van der Waals surface area contributed by atoms with Crippen LogP contribution in [0.15, 0.2) is 91.0 Å². The summed E-state index contributed by atoms with van der Waals surface area (Å²) in [7, 11) is 0. The molecular weight excluding hydrogens is 344 g/mol. The predicted molar refractivity (Wildman–Crippen MR) is 114 cm³/mol. The number of amides is 1. The molecule has 1 heterocycles. The van der Waals surface area contributed by atoms with E-state index in [1.54, 1.807) is 0 Å². The first-order chi connectivity index (χ1) is 13.8. The van der Waals surface area contributed by atoms with Crippen molar-refractivity contribution in [2.45, 2.75) is 24.8 Å². The van der Waals surface area contributed by atoms with E-state index in [1.165, 1.54) is 11.1 Å². The Kier molecular flexibility index (Phi) is 5.72. The minimum Gasteiger partial charge on any atom is -0.380 e. The van der Waals surface area contributed by atoms with Crippen LogP contribution in [-0.2, 0) is 4.79 Å². The summed E-state index contributed by atoms with van der Waals surface area (Å²) in [4.78, 5) is 15.1. The van der Waals surface area contributed by atoms with Gasteiger partial charge in [0.1, 0.15) is 0 Å². The molecule has 1 fully saturated rings. The van der Waals surface area contributed by atoms with Crippen LogP contribution in [0.25, 0.3) is 0 Å². The maximum Gasteiger partial charge on any atom is 0.223 e. The Morgan fingerprint density at radius 1 is 0.857 bits per heavy atom. The van der Waals surface area contributed by atoms with Gasteiger partial charge in [-0.2, -0.15) is 0 Å². The normalized spacial score (nSPS) is 16.3. The number of likely N-dealkylation sites (tertiary alicyclic amines) is 1. The van der Waals surface area contributed by atoms with E-state index in [0.29, 0.717) is 12.5 Å². The van der Waals surface area contributed by atoms with Crippen molar-refractivity contribution in [2.75, 3.05) is 18.4 Å². The van der Waals surface area contributed by atoms with Crippen LogP contribution in [0.2, 0.25) is 0 Å². The number of nitrogens with one attached hydrogen (secondary N) is 1. The molecule has 1 aliphatic heterocycles. The van der Waals surface area contributed by atoms with Gasteiger partial charge in [-0.15, -0.1) is 0 Å². The van der Waals surface area contributed by atoms with Crippen LogP contribution in [-0.4, -0.2) is 29.9 Å². The second-order valence-corrected chi connectivity index (χ2v) is 7.41. The first-order valence-electron chi connectivity index (χ1n) is 9.99. The van der Waals surface area contributed by atoms with Gasteiger partial charge in [0, 0.05) is 37.2 Å². The maximum atomic E-state index is 13.1. The Balaban J connectivity index is 1.43. The van der Waals surface area contributed by atoms with Crippen LogP contribution in [0.5, 0.6) is 0 Å². The molecule has 4 rings (SSSR count). The van der Waals surface area contributed by atoms with E-state index in [-0.39, 0.29) is 11.8 Å². The van der Waals surface area contributed by atoms with Crippen molar-refractivity contribution in [2.24, 2.45) is 0 Å². The molecule has 3 heteroatoms. The van der Waals surface area contributed by atoms with E-state index < -0.39 is 0 Å². The van der Waals surface area contributed by atoms with Crippen molar-refractivity contribution in [1.82, 2.24) is 4.90 Å². The Bertz CT molecular complexity index is 841. The maximum absolute atomic E-state index is 13.1. The molecule has 28 heavy (non-hydrogen) atoms. The van der Waals surface area contributed by atoms with E-state index in [4.69, 9.17) is 0 Å². The van der Waals surface area contributed by atoms with Crippen molar-refractivity contribution in [3.05, 3.63) is 102 Å². The summed E-state index contributed by atoms with van der Waals surface area (Å²) in [5.74, 6) is 0.325. The lowest BCUT2D eigenvalue weighted by molar-refractivity contribution is -0.130. The first kappa shape index (κ1) is 18.3. The van der Waals surface area contributed by atoms with Crippen LogP contribution >= 0.6 is 0 Å². The zero-order valence-electron chi connectivity index (χ0n) is 16.0. The zero-order valence-corrected chi connectivity index (χ0v) is 16.0. The van der Waals surface area contributed by atoms with E-state index in [2.05, 4.69) is 41.7 Å². The summed E-state index contributed by atoms with van der Waals surface area (Å²) in [6.45, 7) is 1.59. The molecule has 3 aromatic rings.